The van der Waals surface area contributed by atoms with Crippen LogP contribution in [0, 0.1) is 0 Å². The van der Waals surface area contributed by atoms with Crippen LogP contribution >= 0.6 is 0 Å². The number of anilines is 1. The largest absolute Gasteiger partial charge is 0.456 e. The lowest BCUT2D eigenvalue weighted by molar-refractivity contribution is -0.121. The van der Waals surface area contributed by atoms with Crippen LogP contribution < -0.4 is 5.32 Å². The zero-order valence-corrected chi connectivity index (χ0v) is 14.3. The van der Waals surface area contributed by atoms with Crippen LogP contribution in [0.2, 0.25) is 0 Å². The van der Waals surface area contributed by atoms with Crippen LogP contribution in [-0.2, 0) is 19.0 Å². The number of rotatable bonds is 6. The number of aromatic nitrogens is 1. The zero-order valence-electron chi connectivity index (χ0n) is 14.3. The number of carbonyl (C=O) groups is 2. The predicted octanol–water partition coefficient (Wildman–Crippen LogP) is 2.17. The van der Waals surface area contributed by atoms with Crippen molar-refractivity contribution in [3.63, 3.8) is 0 Å². The number of esters is 1. The first-order valence-corrected chi connectivity index (χ1v) is 8.03. The van der Waals surface area contributed by atoms with Crippen LogP contribution in [0.1, 0.15) is 44.0 Å². The number of nitrogens with zero attached hydrogens (tertiary/aromatic N) is 1. The zero-order chi connectivity index (χ0) is 17.6. The summed E-state index contributed by atoms with van der Waals surface area (Å²) in [6, 6.07) is 3.17. The summed E-state index contributed by atoms with van der Waals surface area (Å²) in [7, 11) is 0. The molecule has 132 valence electrons. The lowest BCUT2D eigenvalue weighted by Gasteiger charge is -2.20. The molecule has 1 unspecified atom stereocenters. The highest BCUT2D eigenvalue weighted by Gasteiger charge is 2.22. The number of hydrogen-bond donors (Lipinski definition) is 1. The van der Waals surface area contributed by atoms with E-state index in [1.54, 1.807) is 32.9 Å². The summed E-state index contributed by atoms with van der Waals surface area (Å²) >= 11 is 0. The molecule has 1 aliphatic rings. The molecule has 2 heterocycles. The molecule has 7 nitrogen and oxygen atoms in total. The van der Waals surface area contributed by atoms with E-state index in [9.17, 15) is 9.59 Å². The number of nitrogens with one attached hydrogen (secondary N) is 1. The predicted molar refractivity (Wildman–Crippen MR) is 87.8 cm³/mol. The topological polar surface area (TPSA) is 86.8 Å². The summed E-state index contributed by atoms with van der Waals surface area (Å²) in [6.07, 6.45) is 3.53. The lowest BCUT2D eigenvalue weighted by atomic mass is 10.2. The third-order valence-electron chi connectivity index (χ3n) is 3.25. The molecule has 1 saturated heterocycles. The van der Waals surface area contributed by atoms with Gasteiger partial charge in [0.05, 0.1) is 12.7 Å². The molecule has 0 bridgehead atoms. The van der Waals surface area contributed by atoms with Crippen molar-refractivity contribution in [2.24, 2.45) is 0 Å². The first-order valence-electron chi connectivity index (χ1n) is 8.03. The molecular weight excluding hydrogens is 312 g/mol. The molecule has 1 aromatic rings. The average molecular weight is 336 g/mol. The molecule has 1 aromatic heterocycles. The molecule has 0 aromatic carbocycles. The van der Waals surface area contributed by atoms with E-state index in [1.807, 2.05) is 0 Å². The third-order valence-corrected chi connectivity index (χ3v) is 3.25. The smallest absolute Gasteiger partial charge is 0.342 e. The maximum atomic E-state index is 12.2. The first-order chi connectivity index (χ1) is 11.3. The summed E-state index contributed by atoms with van der Waals surface area (Å²) in [6.45, 7) is 6.33. The number of carbonyl (C=O) groups excluding carboxylic acids is 2. The minimum atomic E-state index is -0.626. The second-order valence-electron chi connectivity index (χ2n) is 6.60. The summed E-state index contributed by atoms with van der Waals surface area (Å²) in [5, 5.41) is 2.59. The monoisotopic (exact) mass is 336 g/mol. The van der Waals surface area contributed by atoms with E-state index in [2.05, 4.69) is 10.3 Å². The van der Waals surface area contributed by atoms with Gasteiger partial charge in [-0.15, -0.1) is 0 Å². The number of ether oxygens (including phenoxy) is 3. The fourth-order valence-electron chi connectivity index (χ4n) is 2.23. The van der Waals surface area contributed by atoms with E-state index in [0.29, 0.717) is 6.61 Å². The van der Waals surface area contributed by atoms with Gasteiger partial charge in [-0.25, -0.2) is 9.78 Å². The third kappa shape index (κ3) is 5.90. The number of amides is 1. The van der Waals surface area contributed by atoms with Crippen molar-refractivity contribution in [3.8, 4) is 0 Å². The summed E-state index contributed by atoms with van der Waals surface area (Å²) in [5.41, 5.74) is -0.418. The van der Waals surface area contributed by atoms with Crippen molar-refractivity contribution in [2.75, 3.05) is 25.1 Å². The van der Waals surface area contributed by atoms with Crippen LogP contribution in [-0.4, -0.2) is 48.4 Å². The van der Waals surface area contributed by atoms with Crippen LogP contribution in [0.15, 0.2) is 18.3 Å². The maximum absolute atomic E-state index is 12.2. The average Bonchev–Trinajstić information content (AvgIpc) is 2.99. The summed E-state index contributed by atoms with van der Waals surface area (Å²) in [4.78, 5) is 28.2. The van der Waals surface area contributed by atoms with Crippen molar-refractivity contribution in [3.05, 3.63) is 23.9 Å². The van der Waals surface area contributed by atoms with Gasteiger partial charge < -0.3 is 19.5 Å². The Hall–Kier alpha value is -1.99. The van der Waals surface area contributed by atoms with Gasteiger partial charge in [-0.05, 0) is 45.7 Å². The van der Waals surface area contributed by atoms with Crippen LogP contribution in [0.5, 0.6) is 0 Å². The van der Waals surface area contributed by atoms with E-state index in [-0.39, 0.29) is 30.0 Å². The van der Waals surface area contributed by atoms with E-state index in [0.717, 1.165) is 19.4 Å². The van der Waals surface area contributed by atoms with Crippen LogP contribution in [0.4, 0.5) is 5.82 Å². The SMILES string of the molecule is CC(C)(C)OC(=O)c1cccnc1NC(=O)COCC1CCCO1. The van der Waals surface area contributed by atoms with Crippen molar-refractivity contribution in [1.29, 1.82) is 0 Å². The Balaban J connectivity index is 1.89. The van der Waals surface area contributed by atoms with Gasteiger partial charge in [0.15, 0.2) is 0 Å². The van der Waals surface area contributed by atoms with Gasteiger partial charge >= 0.3 is 5.97 Å². The second-order valence-corrected chi connectivity index (χ2v) is 6.60. The van der Waals surface area contributed by atoms with Crippen molar-refractivity contribution < 1.29 is 23.8 Å². The van der Waals surface area contributed by atoms with Gasteiger partial charge in [0.1, 0.15) is 23.6 Å². The quantitative estimate of drug-likeness (QED) is 0.801. The van der Waals surface area contributed by atoms with E-state index in [1.165, 1.54) is 6.20 Å². The molecule has 0 radical (unpaired) electrons. The molecule has 0 saturated carbocycles. The standard InChI is InChI=1S/C17H24N2O5/c1-17(2,3)24-16(21)13-7-4-8-18-15(13)19-14(20)11-22-10-12-6-5-9-23-12/h4,7-8,12H,5-6,9-11H2,1-3H3,(H,18,19,20). The molecular formula is C17H24N2O5. The highest BCUT2D eigenvalue weighted by Crippen LogP contribution is 2.17. The Morgan fingerprint density at radius 1 is 1.42 bits per heavy atom. The van der Waals surface area contributed by atoms with Gasteiger partial charge in [-0.1, -0.05) is 0 Å². The maximum Gasteiger partial charge on any atom is 0.342 e. The van der Waals surface area contributed by atoms with Crippen molar-refractivity contribution in [1.82, 2.24) is 4.98 Å². The fraction of sp³-hybridized carbons (Fsp3) is 0.588. The van der Waals surface area contributed by atoms with Gasteiger partial charge in [-0.2, -0.15) is 0 Å². The highest BCUT2D eigenvalue weighted by atomic mass is 16.6. The Morgan fingerprint density at radius 2 is 2.21 bits per heavy atom. The molecule has 0 aliphatic carbocycles. The normalized spacial score (nSPS) is 17.5. The van der Waals surface area contributed by atoms with Crippen molar-refractivity contribution >= 4 is 17.7 Å². The molecule has 1 atom stereocenters. The lowest BCUT2D eigenvalue weighted by Crippen LogP contribution is -2.26. The molecule has 1 amide bonds. The van der Waals surface area contributed by atoms with Gasteiger partial charge in [0.2, 0.25) is 0 Å². The number of pyridine rings is 1. The molecule has 1 aliphatic heterocycles. The first kappa shape index (κ1) is 18.4. The molecule has 7 heteroatoms. The Morgan fingerprint density at radius 3 is 2.88 bits per heavy atom. The van der Waals surface area contributed by atoms with Crippen LogP contribution in [0.25, 0.3) is 0 Å². The molecule has 0 spiro atoms. The molecule has 24 heavy (non-hydrogen) atoms. The summed E-state index contributed by atoms with van der Waals surface area (Å²) in [5.74, 6) is -0.750. The Bertz CT molecular complexity index is 577. The Labute approximate surface area is 141 Å². The number of hydrogen-bond acceptors (Lipinski definition) is 6. The molecule has 1 fully saturated rings. The minimum Gasteiger partial charge on any atom is -0.456 e. The van der Waals surface area contributed by atoms with Gasteiger partial charge in [0.25, 0.3) is 5.91 Å². The molecule has 1 N–H and O–H groups in total. The summed E-state index contributed by atoms with van der Waals surface area (Å²) < 4.78 is 16.1. The van der Waals surface area contributed by atoms with Crippen LogP contribution in [0.3, 0.4) is 0 Å². The second kappa shape index (κ2) is 8.21. The van der Waals surface area contributed by atoms with E-state index in [4.69, 9.17) is 14.2 Å². The van der Waals surface area contributed by atoms with Crippen molar-refractivity contribution in [2.45, 2.75) is 45.3 Å². The fourth-order valence-corrected chi connectivity index (χ4v) is 2.23. The highest BCUT2D eigenvalue weighted by molar-refractivity contribution is 6.00. The minimum absolute atomic E-state index is 0.0602. The van der Waals surface area contributed by atoms with E-state index >= 15 is 0 Å². The van der Waals surface area contributed by atoms with Gasteiger partial charge in [-0.3, -0.25) is 4.79 Å². The molecule has 2 rings (SSSR count). The van der Waals surface area contributed by atoms with E-state index < -0.39 is 11.6 Å². The van der Waals surface area contributed by atoms with Gasteiger partial charge in [0, 0.05) is 12.8 Å². The Kier molecular flexibility index (Phi) is 6.28.